The quantitative estimate of drug-likeness (QED) is 0.442. The van der Waals surface area contributed by atoms with Gasteiger partial charge in [0.05, 0.1) is 29.0 Å². The lowest BCUT2D eigenvalue weighted by molar-refractivity contribution is -0.138. The van der Waals surface area contributed by atoms with Gasteiger partial charge in [-0.25, -0.2) is 14.8 Å². The summed E-state index contributed by atoms with van der Waals surface area (Å²) in [6.07, 6.45) is 2.89. The van der Waals surface area contributed by atoms with Gasteiger partial charge in [-0.2, -0.15) is 0 Å². The summed E-state index contributed by atoms with van der Waals surface area (Å²) < 4.78 is 6.06. The van der Waals surface area contributed by atoms with Crippen molar-refractivity contribution in [3.05, 3.63) is 57.3 Å². The zero-order valence-corrected chi connectivity index (χ0v) is 21.0. The Morgan fingerprint density at radius 2 is 1.94 bits per heavy atom. The highest BCUT2D eigenvalue weighted by molar-refractivity contribution is 5.78. The molecule has 1 aliphatic heterocycles. The van der Waals surface area contributed by atoms with Crippen LogP contribution < -0.4 is 11.2 Å². The fourth-order valence-electron chi connectivity index (χ4n) is 5.25. The number of para-hydroxylation sites is 2. The second-order valence-electron chi connectivity index (χ2n) is 9.76. The number of hydrogen-bond acceptors (Lipinski definition) is 6. The van der Waals surface area contributed by atoms with E-state index in [0.29, 0.717) is 25.9 Å². The van der Waals surface area contributed by atoms with E-state index in [1.165, 1.54) is 17.9 Å². The van der Waals surface area contributed by atoms with Crippen LogP contribution in [0.25, 0.3) is 22.2 Å². The molecule has 4 heterocycles. The van der Waals surface area contributed by atoms with E-state index >= 15 is 0 Å². The van der Waals surface area contributed by atoms with E-state index in [9.17, 15) is 19.5 Å². The second-order valence-corrected chi connectivity index (χ2v) is 9.76. The van der Waals surface area contributed by atoms with Gasteiger partial charge < -0.3 is 19.1 Å². The first kappa shape index (κ1) is 24.0. The van der Waals surface area contributed by atoms with Crippen molar-refractivity contribution in [2.45, 2.75) is 51.3 Å². The number of carbonyl (C=O) groups excluding carboxylic acids is 1. The number of nitrogens with zero attached hydrogens (tertiary/aromatic N) is 7. The topological polar surface area (TPSA) is 120 Å². The molecule has 5 rings (SSSR count). The number of aryl methyl sites for hydroxylation is 3. The average Bonchev–Trinajstić information content (AvgIpc) is 3.46. The largest absolute Gasteiger partial charge is 0.388 e. The van der Waals surface area contributed by atoms with Crippen molar-refractivity contribution in [2.24, 2.45) is 14.1 Å². The molecule has 36 heavy (non-hydrogen) atoms. The number of aromatic nitrogens is 6. The van der Waals surface area contributed by atoms with Crippen molar-refractivity contribution in [3.8, 4) is 0 Å². The Labute approximate surface area is 207 Å². The molecule has 1 fully saturated rings. The Balaban J connectivity index is 1.42. The minimum absolute atomic E-state index is 0.0277. The molecule has 0 saturated carbocycles. The van der Waals surface area contributed by atoms with Crippen molar-refractivity contribution in [1.29, 1.82) is 0 Å². The van der Waals surface area contributed by atoms with E-state index in [1.807, 2.05) is 31.2 Å². The number of aliphatic hydroxyl groups is 1. The highest BCUT2D eigenvalue weighted by atomic mass is 16.3. The van der Waals surface area contributed by atoms with Crippen molar-refractivity contribution in [2.75, 3.05) is 13.1 Å². The van der Waals surface area contributed by atoms with Gasteiger partial charge in [0.1, 0.15) is 5.82 Å². The monoisotopic (exact) mass is 493 g/mol. The molecule has 0 radical (unpaired) electrons. The molecule has 190 valence electrons. The molecule has 0 bridgehead atoms. The number of fused-ring (bicyclic) bond motifs is 2. The maximum Gasteiger partial charge on any atom is 0.332 e. The van der Waals surface area contributed by atoms with Crippen molar-refractivity contribution < 1.29 is 9.90 Å². The smallest absolute Gasteiger partial charge is 0.332 e. The third kappa shape index (κ3) is 3.74. The summed E-state index contributed by atoms with van der Waals surface area (Å²) in [4.78, 5) is 49.3. The Kier molecular flexibility index (Phi) is 5.82. The normalized spacial score (nSPS) is 20.5. The predicted molar refractivity (Wildman–Crippen MR) is 135 cm³/mol. The zero-order chi connectivity index (χ0) is 25.8. The van der Waals surface area contributed by atoms with Crippen LogP contribution in [0.3, 0.4) is 0 Å². The SMILES string of the molecule is CCc1nc2ccccc2n1CCC(=O)N1CC[C@](C)(O)[C@@H](n2cnc3c2c(=O)n(C)c(=O)n3C)C1. The van der Waals surface area contributed by atoms with E-state index in [4.69, 9.17) is 0 Å². The van der Waals surface area contributed by atoms with Crippen LogP contribution in [0.2, 0.25) is 0 Å². The molecule has 0 unspecified atom stereocenters. The first-order valence-corrected chi connectivity index (χ1v) is 12.2. The van der Waals surface area contributed by atoms with Gasteiger partial charge in [-0.1, -0.05) is 19.1 Å². The second kappa shape index (κ2) is 8.74. The number of imidazole rings is 2. The van der Waals surface area contributed by atoms with Crippen LogP contribution in [0.5, 0.6) is 0 Å². The third-order valence-corrected chi connectivity index (χ3v) is 7.46. The molecule has 1 amide bonds. The average molecular weight is 494 g/mol. The van der Waals surface area contributed by atoms with Crippen LogP contribution in [0.4, 0.5) is 0 Å². The first-order chi connectivity index (χ1) is 17.1. The minimum atomic E-state index is -1.17. The third-order valence-electron chi connectivity index (χ3n) is 7.46. The summed E-state index contributed by atoms with van der Waals surface area (Å²) in [5.74, 6) is 0.912. The van der Waals surface area contributed by atoms with Gasteiger partial charge in [-0.3, -0.25) is 18.7 Å². The molecule has 0 aliphatic carbocycles. The van der Waals surface area contributed by atoms with Gasteiger partial charge in [0.15, 0.2) is 11.2 Å². The molecule has 1 N–H and O–H groups in total. The standard InChI is InChI=1S/C25H31N7O4/c1-5-19-27-16-8-6-7-9-17(16)31(19)12-10-20(33)30-13-11-25(2,36)18(14-30)32-15-26-22-21(32)23(34)29(4)24(35)28(22)3/h6-9,15,18,36H,5,10-14H2,1-4H3/t18-,25-/m0/s1. The molecule has 11 heteroatoms. The Hall–Kier alpha value is -3.73. The predicted octanol–water partition coefficient (Wildman–Crippen LogP) is 0.961. The number of hydrogen-bond donors (Lipinski definition) is 1. The number of amides is 1. The van der Waals surface area contributed by atoms with Crippen molar-refractivity contribution >= 4 is 28.1 Å². The molecule has 2 atom stereocenters. The van der Waals surface area contributed by atoms with E-state index in [1.54, 1.807) is 23.4 Å². The van der Waals surface area contributed by atoms with Gasteiger partial charge in [0.25, 0.3) is 5.56 Å². The molecule has 11 nitrogen and oxygen atoms in total. The summed E-state index contributed by atoms with van der Waals surface area (Å²) in [6, 6.07) is 7.31. The summed E-state index contributed by atoms with van der Waals surface area (Å²) in [7, 11) is 2.97. The molecule has 1 aromatic carbocycles. The number of piperidine rings is 1. The lowest BCUT2D eigenvalue weighted by Gasteiger charge is -2.43. The molecule has 1 saturated heterocycles. The zero-order valence-electron chi connectivity index (χ0n) is 21.0. The van der Waals surface area contributed by atoms with Crippen LogP contribution in [-0.4, -0.2) is 62.8 Å². The molecule has 1 aliphatic rings. The van der Waals surface area contributed by atoms with Gasteiger partial charge in [-0.15, -0.1) is 0 Å². The number of likely N-dealkylation sites (tertiary alicyclic amines) is 1. The minimum Gasteiger partial charge on any atom is -0.388 e. The van der Waals surface area contributed by atoms with Crippen LogP contribution in [0.15, 0.2) is 40.2 Å². The Morgan fingerprint density at radius 3 is 2.69 bits per heavy atom. The van der Waals surface area contributed by atoms with E-state index in [2.05, 4.69) is 14.5 Å². The van der Waals surface area contributed by atoms with Crippen molar-refractivity contribution in [1.82, 2.24) is 33.1 Å². The fraction of sp³-hybridized carbons (Fsp3) is 0.480. The van der Waals surface area contributed by atoms with Gasteiger partial charge in [-0.05, 0) is 25.5 Å². The number of rotatable bonds is 5. The Morgan fingerprint density at radius 1 is 1.19 bits per heavy atom. The summed E-state index contributed by atoms with van der Waals surface area (Å²) in [5.41, 5.74) is 0.289. The maximum atomic E-state index is 13.3. The van der Waals surface area contributed by atoms with Gasteiger partial charge in [0.2, 0.25) is 5.91 Å². The summed E-state index contributed by atoms with van der Waals surface area (Å²) in [5, 5.41) is 11.2. The van der Waals surface area contributed by atoms with Crippen LogP contribution >= 0.6 is 0 Å². The van der Waals surface area contributed by atoms with E-state index in [0.717, 1.165) is 27.8 Å². The van der Waals surface area contributed by atoms with Crippen LogP contribution in [0, 0.1) is 0 Å². The Bertz CT molecular complexity index is 1590. The van der Waals surface area contributed by atoms with Crippen LogP contribution in [-0.2, 0) is 31.9 Å². The number of benzene rings is 1. The molecule has 4 aromatic rings. The molecular weight excluding hydrogens is 462 g/mol. The fourth-order valence-corrected chi connectivity index (χ4v) is 5.25. The van der Waals surface area contributed by atoms with Crippen LogP contribution in [0.1, 0.15) is 38.6 Å². The summed E-state index contributed by atoms with van der Waals surface area (Å²) >= 11 is 0. The number of carbonyl (C=O) groups is 1. The van der Waals surface area contributed by atoms with Gasteiger partial charge >= 0.3 is 5.69 Å². The lowest BCUT2D eigenvalue weighted by atomic mass is 9.88. The first-order valence-electron chi connectivity index (χ1n) is 12.2. The lowest BCUT2D eigenvalue weighted by Crippen LogP contribution is -2.53. The van der Waals surface area contributed by atoms with Gasteiger partial charge in [0, 0.05) is 46.6 Å². The van der Waals surface area contributed by atoms with E-state index < -0.39 is 22.9 Å². The summed E-state index contributed by atoms with van der Waals surface area (Å²) in [6.45, 7) is 4.91. The highest BCUT2D eigenvalue weighted by Crippen LogP contribution is 2.33. The molecular formula is C25H31N7O4. The molecule has 3 aromatic heterocycles. The molecule has 0 spiro atoms. The highest BCUT2D eigenvalue weighted by Gasteiger charge is 2.41. The van der Waals surface area contributed by atoms with Crippen molar-refractivity contribution in [3.63, 3.8) is 0 Å². The maximum absolute atomic E-state index is 13.3. The van der Waals surface area contributed by atoms with E-state index in [-0.39, 0.29) is 23.6 Å².